The molecule has 0 bridgehead atoms. The first-order valence-electron chi connectivity index (χ1n) is 12.1. The minimum absolute atomic E-state index is 0.103. The van der Waals surface area contributed by atoms with Crippen molar-refractivity contribution < 1.29 is 14.3 Å². The van der Waals surface area contributed by atoms with Crippen molar-refractivity contribution in [3.05, 3.63) is 125 Å². The molecule has 188 valence electrons. The largest absolute Gasteiger partial charge is 0.484 e. The molecule has 1 heterocycles. The molecule has 0 unspecified atom stereocenters. The monoisotopic (exact) mass is 519 g/mol. The number of hydrogen-bond acceptors (Lipinski definition) is 5. The van der Waals surface area contributed by atoms with Crippen molar-refractivity contribution >= 4 is 51.9 Å². The van der Waals surface area contributed by atoms with Gasteiger partial charge >= 0.3 is 0 Å². The van der Waals surface area contributed by atoms with Crippen LogP contribution in [0.5, 0.6) is 5.75 Å². The fourth-order valence-electron chi connectivity index (χ4n) is 3.85. The summed E-state index contributed by atoms with van der Waals surface area (Å²) in [4.78, 5) is 32.6. The van der Waals surface area contributed by atoms with E-state index in [2.05, 4.69) is 5.32 Å². The van der Waals surface area contributed by atoms with Crippen molar-refractivity contribution in [2.75, 3.05) is 16.8 Å². The number of nitrogens with zero attached hydrogens (tertiary/aromatic N) is 2. The van der Waals surface area contributed by atoms with Crippen LogP contribution in [0, 0.1) is 6.92 Å². The molecule has 0 saturated carbocycles. The average molecular weight is 520 g/mol. The first-order valence-corrected chi connectivity index (χ1v) is 12.9. The third-order valence-corrected chi connectivity index (χ3v) is 6.62. The molecular weight excluding hydrogens is 494 g/mol. The van der Waals surface area contributed by atoms with Crippen LogP contribution in [0.2, 0.25) is 0 Å². The number of thioether (sulfide) groups is 1. The zero-order chi connectivity index (χ0) is 26.3. The Labute approximate surface area is 225 Å². The third-order valence-electron chi connectivity index (χ3n) is 5.65. The van der Waals surface area contributed by atoms with Crippen molar-refractivity contribution in [1.82, 2.24) is 0 Å². The molecule has 1 N–H and O–H groups in total. The predicted molar refractivity (Wildman–Crippen MR) is 155 cm³/mol. The zero-order valence-corrected chi connectivity index (χ0v) is 21.5. The van der Waals surface area contributed by atoms with E-state index in [0.717, 1.165) is 28.2 Å². The van der Waals surface area contributed by atoms with Crippen molar-refractivity contribution in [3.63, 3.8) is 0 Å². The molecule has 6 nitrogen and oxygen atoms in total. The molecular formula is C31H25N3O3S. The number of aliphatic imine (C=N–C) groups is 1. The molecule has 2 amide bonds. The summed E-state index contributed by atoms with van der Waals surface area (Å²) >= 11 is 1.33. The van der Waals surface area contributed by atoms with Gasteiger partial charge in [0.05, 0.1) is 16.3 Å². The van der Waals surface area contributed by atoms with Crippen LogP contribution in [-0.2, 0) is 9.59 Å². The highest BCUT2D eigenvalue weighted by atomic mass is 32.2. The number of carbonyl (C=O) groups excluding carboxylic acids is 2. The number of nitrogens with one attached hydrogen (secondary N) is 1. The van der Waals surface area contributed by atoms with Gasteiger partial charge in [0.25, 0.3) is 11.8 Å². The molecule has 4 aromatic carbocycles. The molecule has 0 aliphatic carbocycles. The lowest BCUT2D eigenvalue weighted by molar-refractivity contribution is -0.118. The lowest BCUT2D eigenvalue weighted by atomic mass is 10.2. The minimum atomic E-state index is -0.235. The molecule has 0 aromatic heterocycles. The van der Waals surface area contributed by atoms with E-state index in [-0.39, 0.29) is 18.4 Å². The number of amidine groups is 1. The van der Waals surface area contributed by atoms with Gasteiger partial charge in [0.1, 0.15) is 5.75 Å². The summed E-state index contributed by atoms with van der Waals surface area (Å²) < 4.78 is 5.64. The summed E-state index contributed by atoms with van der Waals surface area (Å²) in [6, 6.07) is 33.9. The number of ether oxygens (including phenoxy) is 1. The smallest absolute Gasteiger partial charge is 0.271 e. The molecule has 0 spiro atoms. The lowest BCUT2D eigenvalue weighted by Crippen LogP contribution is -2.28. The Kier molecular flexibility index (Phi) is 7.66. The number of hydrogen-bond donors (Lipinski definition) is 1. The first kappa shape index (κ1) is 25.0. The first-order chi connectivity index (χ1) is 18.5. The summed E-state index contributed by atoms with van der Waals surface area (Å²) in [5.74, 6) is 0.194. The normalized spacial score (nSPS) is 15.2. The Morgan fingerprint density at radius 2 is 1.63 bits per heavy atom. The Hall–Kier alpha value is -4.62. The molecule has 7 heteroatoms. The Bertz CT molecular complexity index is 1500. The van der Waals surface area contributed by atoms with E-state index in [4.69, 9.17) is 9.73 Å². The fourth-order valence-corrected chi connectivity index (χ4v) is 4.85. The summed E-state index contributed by atoms with van der Waals surface area (Å²) in [7, 11) is 0. The van der Waals surface area contributed by atoms with Gasteiger partial charge in [-0.25, -0.2) is 4.99 Å². The second-order valence-electron chi connectivity index (χ2n) is 8.59. The van der Waals surface area contributed by atoms with Crippen LogP contribution in [0.1, 0.15) is 11.1 Å². The number of amides is 2. The summed E-state index contributed by atoms with van der Waals surface area (Å²) in [6.45, 7) is 1.87. The van der Waals surface area contributed by atoms with Crippen LogP contribution in [0.25, 0.3) is 6.08 Å². The van der Waals surface area contributed by atoms with E-state index in [9.17, 15) is 9.59 Å². The SMILES string of the molecule is Cc1cccc(NC(=O)COc2ccc(/C=C3\SC(=Nc4ccccc4)N(c4ccccc4)C3=O)cc2)c1. The van der Waals surface area contributed by atoms with Crippen molar-refractivity contribution in [2.24, 2.45) is 4.99 Å². The average Bonchev–Trinajstić information content (AvgIpc) is 3.23. The van der Waals surface area contributed by atoms with E-state index in [0.29, 0.717) is 15.8 Å². The van der Waals surface area contributed by atoms with Crippen LogP contribution in [0.15, 0.2) is 119 Å². The van der Waals surface area contributed by atoms with Gasteiger partial charge in [0.2, 0.25) is 0 Å². The second kappa shape index (κ2) is 11.6. The van der Waals surface area contributed by atoms with Crippen LogP contribution in [-0.4, -0.2) is 23.6 Å². The quantitative estimate of drug-likeness (QED) is 0.272. The standard InChI is InChI=1S/C31H25N3O3S/c1-22-9-8-12-25(19-22)32-29(35)21-37-27-17-15-23(16-18-27)20-28-30(36)34(26-13-6-3-7-14-26)31(38-28)33-24-10-4-2-5-11-24/h2-20H,21H2,1H3,(H,32,35)/b28-20-,33-31?. The Balaban J connectivity index is 1.29. The number of para-hydroxylation sites is 2. The number of aryl methyl sites for hydroxylation is 1. The minimum Gasteiger partial charge on any atom is -0.484 e. The second-order valence-corrected chi connectivity index (χ2v) is 9.60. The van der Waals surface area contributed by atoms with Gasteiger partial charge in [-0.1, -0.05) is 60.7 Å². The van der Waals surface area contributed by atoms with Gasteiger partial charge < -0.3 is 10.1 Å². The van der Waals surface area contributed by atoms with Crippen LogP contribution in [0.3, 0.4) is 0 Å². The fraction of sp³-hybridized carbons (Fsp3) is 0.0645. The van der Waals surface area contributed by atoms with Gasteiger partial charge in [-0.3, -0.25) is 14.5 Å². The van der Waals surface area contributed by atoms with Gasteiger partial charge in [0, 0.05) is 5.69 Å². The van der Waals surface area contributed by atoms with E-state index >= 15 is 0 Å². The Morgan fingerprint density at radius 1 is 0.921 bits per heavy atom. The summed E-state index contributed by atoms with van der Waals surface area (Å²) in [6.07, 6.45) is 1.84. The van der Waals surface area contributed by atoms with E-state index in [1.807, 2.05) is 110 Å². The maximum Gasteiger partial charge on any atom is 0.271 e. The van der Waals surface area contributed by atoms with Gasteiger partial charge in [0.15, 0.2) is 11.8 Å². The third kappa shape index (κ3) is 6.19. The van der Waals surface area contributed by atoms with Crippen LogP contribution < -0.4 is 15.0 Å². The zero-order valence-electron chi connectivity index (χ0n) is 20.7. The van der Waals surface area contributed by atoms with Crippen LogP contribution in [0.4, 0.5) is 17.1 Å². The Morgan fingerprint density at radius 3 is 2.34 bits per heavy atom. The summed E-state index contributed by atoms with van der Waals surface area (Å²) in [5.41, 5.74) is 4.18. The van der Waals surface area contributed by atoms with E-state index in [1.54, 1.807) is 17.0 Å². The van der Waals surface area contributed by atoms with Crippen molar-refractivity contribution in [1.29, 1.82) is 0 Å². The molecule has 1 saturated heterocycles. The molecule has 0 atom stereocenters. The molecule has 4 aromatic rings. The number of carbonyl (C=O) groups is 2. The molecule has 5 rings (SSSR count). The molecule has 1 aliphatic heterocycles. The maximum atomic E-state index is 13.4. The molecule has 1 fully saturated rings. The van der Waals surface area contributed by atoms with Gasteiger partial charge in [-0.2, -0.15) is 0 Å². The molecule has 0 radical (unpaired) electrons. The van der Waals surface area contributed by atoms with Crippen molar-refractivity contribution in [3.8, 4) is 5.75 Å². The number of anilines is 2. The lowest BCUT2D eigenvalue weighted by Gasteiger charge is -2.15. The van der Waals surface area contributed by atoms with Crippen LogP contribution >= 0.6 is 11.8 Å². The number of rotatable bonds is 7. The van der Waals surface area contributed by atoms with Crippen molar-refractivity contribution in [2.45, 2.75) is 6.92 Å². The molecule has 38 heavy (non-hydrogen) atoms. The summed E-state index contributed by atoms with van der Waals surface area (Å²) in [5, 5.41) is 3.42. The van der Waals surface area contributed by atoms with Gasteiger partial charge in [-0.15, -0.1) is 0 Å². The van der Waals surface area contributed by atoms with Gasteiger partial charge in [-0.05, 0) is 84.4 Å². The number of benzene rings is 4. The topological polar surface area (TPSA) is 71.0 Å². The molecule has 1 aliphatic rings. The van der Waals surface area contributed by atoms with E-state index < -0.39 is 0 Å². The highest BCUT2D eigenvalue weighted by Gasteiger charge is 2.34. The van der Waals surface area contributed by atoms with E-state index in [1.165, 1.54) is 11.8 Å². The highest BCUT2D eigenvalue weighted by molar-refractivity contribution is 8.19. The maximum absolute atomic E-state index is 13.4. The highest BCUT2D eigenvalue weighted by Crippen LogP contribution is 2.37. The predicted octanol–water partition coefficient (Wildman–Crippen LogP) is 6.82.